The average Bonchev–Trinajstić information content (AvgIpc) is 2.69. The van der Waals surface area contributed by atoms with Gasteiger partial charge in [0.1, 0.15) is 0 Å². The summed E-state index contributed by atoms with van der Waals surface area (Å²) in [6, 6.07) is 17.0. The molecule has 2 heterocycles. The van der Waals surface area contributed by atoms with E-state index in [0.29, 0.717) is 18.5 Å². The Hall–Kier alpha value is -2.33. The molecule has 0 spiro atoms. The molecule has 0 bridgehead atoms. The highest BCUT2D eigenvalue weighted by Gasteiger charge is 2.28. The molecule has 134 valence electrons. The smallest absolute Gasteiger partial charge is 0.305 e. The Labute approximate surface area is 153 Å². The summed E-state index contributed by atoms with van der Waals surface area (Å²) in [5.41, 5.74) is 3.24. The quantitative estimate of drug-likeness (QED) is 0.566. The largest absolute Gasteiger partial charge is 0.361 e. The van der Waals surface area contributed by atoms with Crippen molar-refractivity contribution in [3.05, 3.63) is 67.0 Å². The third-order valence-corrected chi connectivity index (χ3v) is 5.84. The zero-order chi connectivity index (χ0) is 18.4. The molecule has 3 rings (SSSR count). The van der Waals surface area contributed by atoms with Gasteiger partial charge < -0.3 is 9.05 Å². The fourth-order valence-corrected chi connectivity index (χ4v) is 4.31. The summed E-state index contributed by atoms with van der Waals surface area (Å²) >= 11 is 0. The number of hydrogen-bond donors (Lipinski definition) is 0. The molecular weight excluding hydrogens is 347 g/mol. The van der Waals surface area contributed by atoms with Gasteiger partial charge in [0.25, 0.3) is 0 Å². The summed E-state index contributed by atoms with van der Waals surface area (Å²) < 4.78 is 24.4. The van der Waals surface area contributed by atoms with Gasteiger partial charge in [0.15, 0.2) is 0 Å². The van der Waals surface area contributed by atoms with Crippen LogP contribution in [0.3, 0.4) is 0 Å². The molecule has 0 amide bonds. The van der Waals surface area contributed by atoms with Crippen LogP contribution in [0.5, 0.6) is 0 Å². The van der Waals surface area contributed by atoms with Crippen LogP contribution in [-0.2, 0) is 13.6 Å². The van der Waals surface area contributed by atoms with Gasteiger partial charge in [-0.15, -0.1) is 0 Å². The second kappa shape index (κ2) is 8.37. The summed E-state index contributed by atoms with van der Waals surface area (Å²) in [4.78, 5) is 8.81. The summed E-state index contributed by atoms with van der Waals surface area (Å²) in [7, 11) is -3.42. The first-order valence-electron chi connectivity index (χ1n) is 8.54. The van der Waals surface area contributed by atoms with Gasteiger partial charge in [-0.2, -0.15) is 0 Å². The van der Waals surface area contributed by atoms with Crippen molar-refractivity contribution in [2.24, 2.45) is 0 Å². The van der Waals surface area contributed by atoms with E-state index >= 15 is 0 Å². The number of rotatable bonds is 7. The van der Waals surface area contributed by atoms with E-state index in [-0.39, 0.29) is 0 Å². The zero-order valence-corrected chi connectivity index (χ0v) is 15.7. The molecule has 6 heteroatoms. The highest BCUT2D eigenvalue weighted by atomic mass is 31.2. The maximum atomic E-state index is 13.3. The Bertz CT molecular complexity index is 834. The van der Waals surface area contributed by atoms with Crippen molar-refractivity contribution in [1.82, 2.24) is 9.97 Å². The third-order valence-electron chi connectivity index (χ3n) is 3.75. The zero-order valence-electron chi connectivity index (χ0n) is 14.8. The van der Waals surface area contributed by atoms with E-state index < -0.39 is 7.60 Å². The third kappa shape index (κ3) is 4.07. The topological polar surface area (TPSA) is 61.3 Å². The van der Waals surface area contributed by atoms with Crippen molar-refractivity contribution in [2.75, 3.05) is 13.2 Å². The van der Waals surface area contributed by atoms with Gasteiger partial charge in [-0.1, -0.05) is 12.1 Å². The maximum Gasteiger partial charge on any atom is 0.361 e. The minimum atomic E-state index is -3.42. The Morgan fingerprint density at radius 2 is 1.31 bits per heavy atom. The molecule has 0 N–H and O–H groups in total. The molecule has 0 saturated carbocycles. The molecule has 0 fully saturated rings. The summed E-state index contributed by atoms with van der Waals surface area (Å²) in [5.74, 6) is 0. The molecule has 0 unspecified atom stereocenters. The number of aromatic nitrogens is 2. The summed E-state index contributed by atoms with van der Waals surface area (Å²) in [6.07, 6.45) is 3.46. The van der Waals surface area contributed by atoms with Crippen LogP contribution in [-0.4, -0.2) is 23.2 Å². The fourth-order valence-electron chi connectivity index (χ4n) is 2.66. The van der Waals surface area contributed by atoms with E-state index in [1.165, 1.54) is 0 Å². The normalized spacial score (nSPS) is 11.5. The average molecular weight is 368 g/mol. The molecule has 5 nitrogen and oxygen atoms in total. The van der Waals surface area contributed by atoms with Crippen LogP contribution in [0.25, 0.3) is 22.5 Å². The highest BCUT2D eigenvalue weighted by Crippen LogP contribution is 2.48. The van der Waals surface area contributed by atoms with E-state index in [9.17, 15) is 4.57 Å². The molecule has 1 aromatic carbocycles. The second-order valence-electron chi connectivity index (χ2n) is 5.53. The summed E-state index contributed by atoms with van der Waals surface area (Å²) in [5, 5.41) is 0.505. The van der Waals surface area contributed by atoms with Gasteiger partial charge in [0, 0.05) is 23.5 Å². The van der Waals surface area contributed by atoms with Crippen molar-refractivity contribution in [3.8, 4) is 22.5 Å². The van der Waals surface area contributed by atoms with Gasteiger partial charge in [-0.05, 0) is 56.3 Å². The van der Waals surface area contributed by atoms with Crippen LogP contribution in [0.2, 0.25) is 0 Å². The first-order valence-corrected chi connectivity index (χ1v) is 10.1. The van der Waals surface area contributed by atoms with Gasteiger partial charge in [-0.3, -0.25) is 14.5 Å². The van der Waals surface area contributed by atoms with Crippen LogP contribution in [0.4, 0.5) is 0 Å². The molecule has 0 aliphatic carbocycles. The lowest BCUT2D eigenvalue weighted by molar-refractivity contribution is 0.230. The molecule has 0 radical (unpaired) electrons. The second-order valence-corrected chi connectivity index (χ2v) is 7.56. The Balaban J connectivity index is 2.19. The number of hydrogen-bond acceptors (Lipinski definition) is 5. The van der Waals surface area contributed by atoms with Crippen molar-refractivity contribution in [1.29, 1.82) is 0 Å². The van der Waals surface area contributed by atoms with Crippen LogP contribution >= 0.6 is 7.60 Å². The van der Waals surface area contributed by atoms with E-state index in [2.05, 4.69) is 9.97 Å². The minimum Gasteiger partial charge on any atom is -0.305 e. The first-order chi connectivity index (χ1) is 12.7. The number of pyridine rings is 2. The number of nitrogens with zero attached hydrogens (tertiary/aromatic N) is 2. The van der Waals surface area contributed by atoms with Gasteiger partial charge in [-0.25, -0.2) is 0 Å². The lowest BCUT2D eigenvalue weighted by atomic mass is 10.0. The lowest BCUT2D eigenvalue weighted by Crippen LogP contribution is -2.12. The van der Waals surface area contributed by atoms with Crippen LogP contribution in [0, 0.1) is 0 Å². The van der Waals surface area contributed by atoms with E-state index in [0.717, 1.165) is 22.5 Å². The fraction of sp³-hybridized carbons (Fsp3) is 0.200. The lowest BCUT2D eigenvalue weighted by Gasteiger charge is -2.19. The van der Waals surface area contributed by atoms with Crippen LogP contribution in [0.1, 0.15) is 13.8 Å². The predicted molar refractivity (Wildman–Crippen MR) is 103 cm³/mol. The number of benzene rings is 1. The van der Waals surface area contributed by atoms with E-state index in [1.54, 1.807) is 26.2 Å². The molecule has 2 aromatic heterocycles. The van der Waals surface area contributed by atoms with Crippen molar-refractivity contribution in [3.63, 3.8) is 0 Å². The van der Waals surface area contributed by atoms with Crippen molar-refractivity contribution < 1.29 is 13.6 Å². The SMILES string of the molecule is CCOP(=O)(OCC)c1cc(-c2ccccn2)cc(-c2ccccn2)c1. The first kappa shape index (κ1) is 18.5. The Morgan fingerprint density at radius 1 is 0.808 bits per heavy atom. The van der Waals surface area contributed by atoms with E-state index in [4.69, 9.17) is 9.05 Å². The van der Waals surface area contributed by atoms with Gasteiger partial charge >= 0.3 is 7.60 Å². The van der Waals surface area contributed by atoms with Crippen LogP contribution in [0.15, 0.2) is 67.0 Å². The standard InChI is InChI=1S/C20H21N2O3P/c1-3-24-26(23,25-4-2)18-14-16(19-9-5-7-11-21-19)13-17(15-18)20-10-6-8-12-22-20/h5-15H,3-4H2,1-2H3. The summed E-state index contributed by atoms with van der Waals surface area (Å²) in [6.45, 7) is 4.19. The molecule has 0 saturated heterocycles. The maximum absolute atomic E-state index is 13.3. The van der Waals surface area contributed by atoms with Crippen LogP contribution < -0.4 is 5.30 Å². The molecule has 0 aliphatic rings. The van der Waals surface area contributed by atoms with E-state index in [1.807, 2.05) is 54.6 Å². The Kier molecular flexibility index (Phi) is 5.94. The molecule has 0 atom stereocenters. The predicted octanol–water partition coefficient (Wildman–Crippen LogP) is 4.70. The monoisotopic (exact) mass is 368 g/mol. The van der Waals surface area contributed by atoms with Crippen molar-refractivity contribution >= 4 is 12.9 Å². The van der Waals surface area contributed by atoms with Gasteiger partial charge in [0.05, 0.1) is 29.9 Å². The molecule has 26 heavy (non-hydrogen) atoms. The minimum absolute atomic E-state index is 0.296. The van der Waals surface area contributed by atoms with Gasteiger partial charge in [0.2, 0.25) is 0 Å². The van der Waals surface area contributed by atoms with Crippen molar-refractivity contribution in [2.45, 2.75) is 13.8 Å². The Morgan fingerprint density at radius 3 is 1.69 bits per heavy atom. The molecule has 3 aromatic rings. The molecular formula is C20H21N2O3P. The highest BCUT2D eigenvalue weighted by molar-refractivity contribution is 7.62. The molecule has 0 aliphatic heterocycles.